The average Bonchev–Trinajstić information content (AvgIpc) is 1.62. The van der Waals surface area contributed by atoms with Crippen molar-refractivity contribution in [3.05, 3.63) is 0 Å². The van der Waals surface area contributed by atoms with Gasteiger partial charge in [0.05, 0.1) is 0 Å². The minimum atomic E-state index is -4.70. The van der Waals surface area contributed by atoms with Gasteiger partial charge >= 0.3 is 12.1 Å². The third-order valence-electron chi connectivity index (χ3n) is 0.504. The minimum absolute atomic E-state index is 0. The highest BCUT2D eigenvalue weighted by molar-refractivity contribution is 9.10. The fourth-order valence-electron chi connectivity index (χ4n) is 0.140. The number of carboxylic acid groups (broad SMARTS) is 1. The summed E-state index contributed by atoms with van der Waals surface area (Å²) in [4.78, 5) is 7.13. The lowest BCUT2D eigenvalue weighted by Gasteiger charge is -2.07. The molecular weight excluding hydrogens is 240 g/mol. The van der Waals surface area contributed by atoms with Crippen molar-refractivity contribution in [2.75, 3.05) is 0 Å². The van der Waals surface area contributed by atoms with Gasteiger partial charge in [0.25, 0.3) is 0 Å². The summed E-state index contributed by atoms with van der Waals surface area (Å²) in [6.07, 6.45) is -4.70. The lowest BCUT2D eigenvalue weighted by atomic mass is 10.4. The van der Waals surface area contributed by atoms with Crippen molar-refractivity contribution < 1.29 is 35.5 Å². The van der Waals surface area contributed by atoms with Crippen molar-refractivity contribution in [2.45, 2.75) is 11.0 Å². The highest BCUT2D eigenvalue weighted by Gasteiger charge is 2.43. The number of rotatable bonds is 1. The predicted molar refractivity (Wildman–Crippen MR) is 26.4 cm³/mol. The second kappa shape index (κ2) is 4.02. The molecule has 0 aromatic carbocycles. The van der Waals surface area contributed by atoms with Crippen LogP contribution in [-0.2, 0) is 4.79 Å². The van der Waals surface area contributed by atoms with Gasteiger partial charge in [0.15, 0.2) is 0 Å². The van der Waals surface area contributed by atoms with E-state index in [0.717, 1.165) is 0 Å². The van der Waals surface area contributed by atoms with Gasteiger partial charge in [-0.1, -0.05) is 15.9 Å². The number of hydrogen-bond acceptors (Lipinski definition) is 1. The van der Waals surface area contributed by atoms with Crippen LogP contribution in [0.1, 0.15) is 0 Å². The Morgan fingerprint density at radius 3 is 1.80 bits per heavy atom. The normalized spacial score (nSPS) is 13.6. The van der Waals surface area contributed by atoms with Crippen LogP contribution in [0.2, 0.25) is 0 Å². The largest absolute Gasteiger partial charge is 1.00 e. The first kappa shape index (κ1) is 12.7. The Morgan fingerprint density at radius 1 is 1.50 bits per heavy atom. The van der Waals surface area contributed by atoms with Crippen LogP contribution in [0, 0.1) is 0 Å². The van der Waals surface area contributed by atoms with Crippen LogP contribution >= 0.6 is 15.9 Å². The van der Waals surface area contributed by atoms with Crippen LogP contribution in [0.5, 0.6) is 0 Å². The summed E-state index contributed by atoms with van der Waals surface area (Å²) in [6, 6.07) is 0. The Balaban J connectivity index is 0. The Hall–Kier alpha value is 0.0300. The highest BCUT2D eigenvalue weighted by atomic mass is 79.9. The van der Waals surface area contributed by atoms with Gasteiger partial charge in [0.2, 0.25) is 4.83 Å². The van der Waals surface area contributed by atoms with Gasteiger partial charge in [-0.2, -0.15) is 13.2 Å². The van der Waals surface area contributed by atoms with Crippen molar-refractivity contribution in [3.8, 4) is 0 Å². The molecule has 7 heteroatoms. The fraction of sp³-hybridized carbons (Fsp3) is 0.667. The van der Waals surface area contributed by atoms with E-state index in [1.807, 2.05) is 15.9 Å². The number of carbonyl (C=O) groups is 1. The average molecular weight is 242 g/mol. The van der Waals surface area contributed by atoms with Gasteiger partial charge in [0, 0.05) is 0 Å². The van der Waals surface area contributed by atoms with Crippen molar-refractivity contribution >= 4 is 21.9 Å². The van der Waals surface area contributed by atoms with E-state index in [9.17, 15) is 18.0 Å². The molecule has 0 aromatic rings. The van der Waals surface area contributed by atoms with Crippen LogP contribution in [-0.4, -0.2) is 22.1 Å². The molecule has 0 heterocycles. The van der Waals surface area contributed by atoms with Gasteiger partial charge in [-0.3, -0.25) is 4.79 Å². The molecule has 2 nitrogen and oxygen atoms in total. The number of hydrogen-bond donors (Lipinski definition) is 1. The van der Waals surface area contributed by atoms with Crippen molar-refractivity contribution in [2.24, 2.45) is 0 Å². The zero-order chi connectivity index (χ0) is 7.65. The molecule has 0 aliphatic carbocycles. The zero-order valence-electron chi connectivity index (χ0n) is 4.32. The maximum atomic E-state index is 11.3. The van der Waals surface area contributed by atoms with Crippen LogP contribution in [0.3, 0.4) is 0 Å². The SMILES string of the molecule is O=C(O)C(Br)C(F)(F)F.[Cl-]. The summed E-state index contributed by atoms with van der Waals surface area (Å²) in [5, 5.41) is 7.75. The summed E-state index contributed by atoms with van der Waals surface area (Å²) >= 11 is 1.94. The monoisotopic (exact) mass is 241 g/mol. The summed E-state index contributed by atoms with van der Waals surface area (Å²) in [7, 11) is 0. The van der Waals surface area contributed by atoms with E-state index in [1.54, 1.807) is 0 Å². The zero-order valence-corrected chi connectivity index (χ0v) is 6.66. The lowest BCUT2D eigenvalue weighted by Crippen LogP contribution is -3.00. The molecule has 0 bridgehead atoms. The molecule has 0 saturated carbocycles. The van der Waals surface area contributed by atoms with E-state index in [4.69, 9.17) is 5.11 Å². The van der Waals surface area contributed by atoms with Gasteiger partial charge in [-0.05, 0) is 0 Å². The van der Waals surface area contributed by atoms with Crippen LogP contribution < -0.4 is 12.4 Å². The second-order valence-electron chi connectivity index (χ2n) is 1.24. The van der Waals surface area contributed by atoms with E-state index in [2.05, 4.69) is 0 Å². The fourth-order valence-corrected chi connectivity index (χ4v) is 0.140. The smallest absolute Gasteiger partial charge is 0.411 e. The molecule has 62 valence electrons. The van der Waals surface area contributed by atoms with Crippen LogP contribution in [0.4, 0.5) is 13.2 Å². The Morgan fingerprint density at radius 2 is 1.80 bits per heavy atom. The van der Waals surface area contributed by atoms with Crippen LogP contribution in [0.25, 0.3) is 0 Å². The molecule has 0 aliphatic heterocycles. The van der Waals surface area contributed by atoms with Crippen molar-refractivity contribution in [3.63, 3.8) is 0 Å². The molecular formula is C3H2BrClF3O2-. The maximum Gasteiger partial charge on any atom is 0.411 e. The maximum absolute atomic E-state index is 11.3. The molecule has 0 aromatic heterocycles. The quantitative estimate of drug-likeness (QED) is 0.563. The molecule has 1 atom stereocenters. The topological polar surface area (TPSA) is 37.3 Å². The molecule has 0 spiro atoms. The van der Waals surface area contributed by atoms with Gasteiger partial charge in [-0.25, -0.2) is 0 Å². The van der Waals surface area contributed by atoms with Gasteiger partial charge in [-0.15, -0.1) is 0 Å². The molecule has 0 radical (unpaired) electrons. The van der Waals surface area contributed by atoms with Gasteiger partial charge in [0.1, 0.15) is 0 Å². The van der Waals surface area contributed by atoms with E-state index in [1.165, 1.54) is 0 Å². The van der Waals surface area contributed by atoms with Crippen LogP contribution in [0.15, 0.2) is 0 Å². The number of aliphatic carboxylic acids is 1. The molecule has 0 saturated heterocycles. The molecule has 1 N–H and O–H groups in total. The molecule has 0 rings (SSSR count). The molecule has 0 aliphatic rings. The standard InChI is InChI=1S/C3H2BrF3O2.ClH/c4-1(2(8)9)3(5,6)7;/h1H,(H,8,9);1H/p-1. The Kier molecular flexibility index (Phi) is 5.10. The van der Waals surface area contributed by atoms with Crippen molar-refractivity contribution in [1.82, 2.24) is 0 Å². The highest BCUT2D eigenvalue weighted by Crippen LogP contribution is 2.25. The number of carboxylic acids is 1. The van der Waals surface area contributed by atoms with E-state index in [-0.39, 0.29) is 12.4 Å². The molecule has 0 fully saturated rings. The van der Waals surface area contributed by atoms with E-state index in [0.29, 0.717) is 0 Å². The molecule has 0 amide bonds. The van der Waals surface area contributed by atoms with Gasteiger partial charge < -0.3 is 17.5 Å². The Bertz CT molecular complexity index is 125. The molecule has 1 unspecified atom stereocenters. The predicted octanol–water partition coefficient (Wildman–Crippen LogP) is -1.60. The summed E-state index contributed by atoms with van der Waals surface area (Å²) in [5.41, 5.74) is 0. The number of alkyl halides is 4. The molecule has 10 heavy (non-hydrogen) atoms. The first-order chi connectivity index (χ1) is 3.85. The summed E-state index contributed by atoms with van der Waals surface area (Å²) < 4.78 is 33.8. The minimum Gasteiger partial charge on any atom is -1.00 e. The summed E-state index contributed by atoms with van der Waals surface area (Å²) in [6.45, 7) is 0. The van der Waals surface area contributed by atoms with Crippen molar-refractivity contribution in [1.29, 1.82) is 0 Å². The summed E-state index contributed by atoms with van der Waals surface area (Å²) in [5.74, 6) is -1.93. The third kappa shape index (κ3) is 3.94. The number of halogens is 5. The van der Waals surface area contributed by atoms with E-state index < -0.39 is 17.0 Å². The lowest BCUT2D eigenvalue weighted by molar-refractivity contribution is -0.161. The first-order valence-electron chi connectivity index (χ1n) is 1.79. The third-order valence-corrected chi connectivity index (χ3v) is 1.41. The Labute approximate surface area is 68.9 Å². The van der Waals surface area contributed by atoms with E-state index >= 15 is 0 Å². The first-order valence-corrected chi connectivity index (χ1v) is 2.71. The second-order valence-corrected chi connectivity index (χ2v) is 2.16.